The van der Waals surface area contributed by atoms with E-state index in [1.165, 1.54) is 12.8 Å². The molecule has 1 aliphatic rings. The largest absolute Gasteiger partial charge is 0.379 e. The van der Waals surface area contributed by atoms with Gasteiger partial charge in [-0.2, -0.15) is 0 Å². The smallest absolute Gasteiger partial charge is 0.189 e. The Morgan fingerprint density at radius 3 is 3.00 bits per heavy atom. The SMILES string of the molecule is O=c1ccn(CCCOC[C@@H]2CCCCO2)c2ccccc12. The van der Waals surface area contributed by atoms with E-state index in [1.54, 1.807) is 6.07 Å². The van der Waals surface area contributed by atoms with Gasteiger partial charge in [-0.3, -0.25) is 4.79 Å². The molecule has 1 saturated heterocycles. The van der Waals surface area contributed by atoms with Crippen molar-refractivity contribution in [2.24, 2.45) is 0 Å². The van der Waals surface area contributed by atoms with Crippen LogP contribution in [0.4, 0.5) is 0 Å². The third-order valence-electron chi connectivity index (χ3n) is 4.15. The standard InChI is InChI=1S/C18H23NO3/c20-18-9-11-19(17-8-2-1-7-16(17)18)10-5-12-21-14-15-6-3-4-13-22-15/h1-2,7-9,11,15H,3-6,10,12-14H2/t15-/m0/s1. The van der Waals surface area contributed by atoms with Gasteiger partial charge in [0.05, 0.1) is 18.2 Å². The highest BCUT2D eigenvalue weighted by molar-refractivity contribution is 5.78. The first-order valence-corrected chi connectivity index (χ1v) is 8.12. The summed E-state index contributed by atoms with van der Waals surface area (Å²) in [5.41, 5.74) is 1.07. The number of rotatable bonds is 6. The zero-order chi connectivity index (χ0) is 15.2. The van der Waals surface area contributed by atoms with E-state index in [0.717, 1.165) is 43.5 Å². The van der Waals surface area contributed by atoms with Crippen LogP contribution in [0.25, 0.3) is 10.9 Å². The first-order valence-electron chi connectivity index (χ1n) is 8.12. The maximum absolute atomic E-state index is 11.8. The van der Waals surface area contributed by atoms with Crippen molar-refractivity contribution in [1.82, 2.24) is 4.57 Å². The number of aryl methyl sites for hydroxylation is 1. The van der Waals surface area contributed by atoms with Gasteiger partial charge in [-0.15, -0.1) is 0 Å². The summed E-state index contributed by atoms with van der Waals surface area (Å²) in [6, 6.07) is 9.38. The number of hydrogen-bond donors (Lipinski definition) is 0. The van der Waals surface area contributed by atoms with Gasteiger partial charge in [0.1, 0.15) is 0 Å². The van der Waals surface area contributed by atoms with Crippen molar-refractivity contribution >= 4 is 10.9 Å². The summed E-state index contributed by atoms with van der Waals surface area (Å²) in [4.78, 5) is 11.8. The van der Waals surface area contributed by atoms with Gasteiger partial charge < -0.3 is 14.0 Å². The molecule has 0 saturated carbocycles. The molecule has 0 aliphatic carbocycles. The molecule has 0 bridgehead atoms. The zero-order valence-electron chi connectivity index (χ0n) is 12.9. The van der Waals surface area contributed by atoms with E-state index in [0.29, 0.717) is 6.61 Å². The van der Waals surface area contributed by atoms with Crippen molar-refractivity contribution in [2.45, 2.75) is 38.3 Å². The predicted octanol–water partition coefficient (Wildman–Crippen LogP) is 2.98. The molecule has 118 valence electrons. The molecule has 0 radical (unpaired) electrons. The average Bonchev–Trinajstić information content (AvgIpc) is 2.58. The monoisotopic (exact) mass is 301 g/mol. The zero-order valence-corrected chi connectivity index (χ0v) is 12.9. The van der Waals surface area contributed by atoms with Gasteiger partial charge in [-0.1, -0.05) is 12.1 Å². The van der Waals surface area contributed by atoms with Crippen LogP contribution in [-0.2, 0) is 16.0 Å². The number of fused-ring (bicyclic) bond motifs is 1. The summed E-state index contributed by atoms with van der Waals surface area (Å²) in [6.45, 7) is 3.15. The molecule has 0 amide bonds. The minimum absolute atomic E-state index is 0.0811. The second-order valence-electron chi connectivity index (χ2n) is 5.81. The molecular formula is C18H23NO3. The Morgan fingerprint density at radius 1 is 1.23 bits per heavy atom. The summed E-state index contributed by atoms with van der Waals surface area (Å²) in [5, 5.41) is 0.779. The van der Waals surface area contributed by atoms with Gasteiger partial charge in [-0.25, -0.2) is 0 Å². The number of pyridine rings is 1. The molecule has 3 rings (SSSR count). The maximum atomic E-state index is 11.8. The number of benzene rings is 1. The Morgan fingerprint density at radius 2 is 2.14 bits per heavy atom. The van der Waals surface area contributed by atoms with Gasteiger partial charge in [0.25, 0.3) is 0 Å². The lowest BCUT2D eigenvalue weighted by molar-refractivity contribution is -0.0412. The third-order valence-corrected chi connectivity index (χ3v) is 4.15. The van der Waals surface area contributed by atoms with Gasteiger partial charge in [0.15, 0.2) is 5.43 Å². The fraction of sp³-hybridized carbons (Fsp3) is 0.500. The lowest BCUT2D eigenvalue weighted by Crippen LogP contribution is -2.24. The van der Waals surface area contributed by atoms with Crippen LogP contribution in [0.1, 0.15) is 25.7 Å². The molecule has 4 heteroatoms. The van der Waals surface area contributed by atoms with Gasteiger partial charge in [-0.05, 0) is 37.8 Å². The Balaban J connectivity index is 1.49. The van der Waals surface area contributed by atoms with E-state index in [2.05, 4.69) is 4.57 Å². The van der Waals surface area contributed by atoms with Gasteiger partial charge in [0.2, 0.25) is 0 Å². The minimum Gasteiger partial charge on any atom is -0.379 e. The molecule has 0 N–H and O–H groups in total. The summed E-state index contributed by atoms with van der Waals surface area (Å²) < 4.78 is 13.5. The van der Waals surface area contributed by atoms with Crippen LogP contribution in [-0.4, -0.2) is 30.5 Å². The van der Waals surface area contributed by atoms with Crippen LogP contribution in [0, 0.1) is 0 Å². The molecule has 1 atom stereocenters. The molecule has 2 heterocycles. The summed E-state index contributed by atoms with van der Waals surface area (Å²) in [7, 11) is 0. The normalized spacial score (nSPS) is 18.6. The number of para-hydroxylation sites is 1. The van der Waals surface area contributed by atoms with E-state index in [-0.39, 0.29) is 11.5 Å². The van der Waals surface area contributed by atoms with Crippen molar-refractivity contribution < 1.29 is 9.47 Å². The fourth-order valence-corrected chi connectivity index (χ4v) is 2.95. The van der Waals surface area contributed by atoms with Crippen LogP contribution in [0.5, 0.6) is 0 Å². The lowest BCUT2D eigenvalue weighted by Gasteiger charge is -2.22. The van der Waals surface area contributed by atoms with Crippen molar-refractivity contribution in [3.05, 3.63) is 46.8 Å². The molecule has 0 spiro atoms. The Bertz CT molecular complexity index is 659. The molecule has 1 aromatic heterocycles. The average molecular weight is 301 g/mol. The quantitative estimate of drug-likeness (QED) is 0.770. The predicted molar refractivity (Wildman–Crippen MR) is 87.2 cm³/mol. The second-order valence-corrected chi connectivity index (χ2v) is 5.81. The van der Waals surface area contributed by atoms with Crippen LogP contribution in [0.2, 0.25) is 0 Å². The highest BCUT2D eigenvalue weighted by Crippen LogP contribution is 2.13. The van der Waals surface area contributed by atoms with Gasteiger partial charge >= 0.3 is 0 Å². The van der Waals surface area contributed by atoms with E-state index >= 15 is 0 Å². The molecular weight excluding hydrogens is 278 g/mol. The highest BCUT2D eigenvalue weighted by Gasteiger charge is 2.13. The number of aromatic nitrogens is 1. The summed E-state index contributed by atoms with van der Waals surface area (Å²) >= 11 is 0. The summed E-state index contributed by atoms with van der Waals surface area (Å²) in [6.07, 6.45) is 6.62. The van der Waals surface area contributed by atoms with E-state index in [1.807, 2.05) is 30.5 Å². The Kier molecular flexibility index (Phi) is 5.24. The molecule has 1 fully saturated rings. The van der Waals surface area contributed by atoms with Gasteiger partial charge in [0, 0.05) is 37.4 Å². The second kappa shape index (κ2) is 7.56. The number of nitrogens with zero attached hydrogens (tertiary/aromatic N) is 1. The number of ether oxygens (including phenoxy) is 2. The Hall–Kier alpha value is -1.65. The molecule has 4 nitrogen and oxygen atoms in total. The van der Waals surface area contributed by atoms with E-state index in [4.69, 9.17) is 9.47 Å². The third kappa shape index (κ3) is 3.76. The van der Waals surface area contributed by atoms with E-state index < -0.39 is 0 Å². The molecule has 2 aromatic rings. The maximum Gasteiger partial charge on any atom is 0.189 e. The molecule has 22 heavy (non-hydrogen) atoms. The first kappa shape index (κ1) is 15.3. The molecule has 1 aromatic carbocycles. The Labute approximate surface area is 130 Å². The van der Waals surface area contributed by atoms with Crippen molar-refractivity contribution in [1.29, 1.82) is 0 Å². The fourth-order valence-electron chi connectivity index (χ4n) is 2.95. The van der Waals surface area contributed by atoms with E-state index in [9.17, 15) is 4.79 Å². The van der Waals surface area contributed by atoms with Crippen LogP contribution in [0.3, 0.4) is 0 Å². The van der Waals surface area contributed by atoms with Crippen molar-refractivity contribution in [2.75, 3.05) is 19.8 Å². The summed E-state index contributed by atoms with van der Waals surface area (Å²) in [5.74, 6) is 0. The van der Waals surface area contributed by atoms with Crippen molar-refractivity contribution in [3.8, 4) is 0 Å². The molecule has 1 aliphatic heterocycles. The number of hydrogen-bond acceptors (Lipinski definition) is 3. The lowest BCUT2D eigenvalue weighted by atomic mass is 10.1. The molecule has 0 unspecified atom stereocenters. The van der Waals surface area contributed by atoms with Crippen LogP contribution >= 0.6 is 0 Å². The minimum atomic E-state index is 0.0811. The topological polar surface area (TPSA) is 40.5 Å². The van der Waals surface area contributed by atoms with Crippen molar-refractivity contribution in [3.63, 3.8) is 0 Å². The highest BCUT2D eigenvalue weighted by atomic mass is 16.5. The first-order chi connectivity index (χ1) is 10.8. The van der Waals surface area contributed by atoms with Crippen LogP contribution in [0.15, 0.2) is 41.3 Å². The van der Waals surface area contributed by atoms with Crippen LogP contribution < -0.4 is 5.43 Å².